The molecule has 2 aromatic heterocycles. The van der Waals surface area contributed by atoms with Crippen LogP contribution in [0.4, 0.5) is 0 Å². The van der Waals surface area contributed by atoms with Crippen molar-refractivity contribution in [1.29, 1.82) is 0 Å². The summed E-state index contributed by atoms with van der Waals surface area (Å²) >= 11 is 2.99. The summed E-state index contributed by atoms with van der Waals surface area (Å²) in [6, 6.07) is 11.8. The van der Waals surface area contributed by atoms with Gasteiger partial charge in [0, 0.05) is 24.4 Å². The fraction of sp³-hybridized carbons (Fsp3) is 0.350. The van der Waals surface area contributed by atoms with E-state index in [2.05, 4.69) is 31.7 Å². The van der Waals surface area contributed by atoms with E-state index in [0.717, 1.165) is 39.6 Å². The van der Waals surface area contributed by atoms with Crippen LogP contribution >= 0.6 is 23.5 Å². The maximum atomic E-state index is 12.3. The minimum Gasteiger partial charge on any atom is -0.306 e. The van der Waals surface area contributed by atoms with Gasteiger partial charge in [-0.05, 0) is 32.4 Å². The van der Waals surface area contributed by atoms with E-state index in [1.54, 1.807) is 11.8 Å². The minimum absolute atomic E-state index is 0.182. The Kier molecular flexibility index (Phi) is 7.22. The first-order chi connectivity index (χ1) is 13.5. The van der Waals surface area contributed by atoms with Crippen LogP contribution in [0.25, 0.3) is 0 Å². The summed E-state index contributed by atoms with van der Waals surface area (Å²) in [6.07, 6.45) is 0.445. The second-order valence-corrected chi connectivity index (χ2v) is 8.24. The molecule has 0 radical (unpaired) electrons. The van der Waals surface area contributed by atoms with Crippen molar-refractivity contribution in [3.05, 3.63) is 59.2 Å². The number of hydrogen-bond acceptors (Lipinski definition) is 7. The monoisotopic (exact) mass is 413 g/mol. The molecule has 6 nitrogen and oxygen atoms in total. The lowest BCUT2D eigenvalue weighted by atomic mass is 10.1. The minimum atomic E-state index is 0.182. The maximum Gasteiger partial charge on any atom is 0.191 e. The number of ketones is 1. The molecule has 0 bridgehead atoms. The van der Waals surface area contributed by atoms with E-state index >= 15 is 0 Å². The summed E-state index contributed by atoms with van der Waals surface area (Å²) in [5.74, 6) is 2.08. The summed E-state index contributed by atoms with van der Waals surface area (Å²) in [6.45, 7) is 6.75. The number of thioether (sulfide) groups is 2. The largest absolute Gasteiger partial charge is 0.306 e. The first-order valence-electron chi connectivity index (χ1n) is 9.10. The fourth-order valence-corrected chi connectivity index (χ4v) is 4.53. The molecule has 8 heteroatoms. The van der Waals surface area contributed by atoms with Gasteiger partial charge in [-0.2, -0.15) is 0 Å². The molecule has 146 valence electrons. The lowest BCUT2D eigenvalue weighted by Gasteiger charge is -2.07. The van der Waals surface area contributed by atoms with Crippen LogP contribution in [0.1, 0.15) is 29.7 Å². The van der Waals surface area contributed by atoms with Crippen molar-refractivity contribution in [3.8, 4) is 0 Å². The highest BCUT2D eigenvalue weighted by molar-refractivity contribution is 7.99. The highest BCUT2D eigenvalue weighted by Gasteiger charge is 2.14. The van der Waals surface area contributed by atoms with Gasteiger partial charge in [0.15, 0.2) is 10.3 Å². The average Bonchev–Trinajstić information content (AvgIpc) is 3.06. The van der Waals surface area contributed by atoms with Crippen molar-refractivity contribution >= 4 is 29.3 Å². The molecule has 0 aliphatic heterocycles. The molecule has 1 aromatic carbocycles. The van der Waals surface area contributed by atoms with E-state index in [0.29, 0.717) is 17.9 Å². The van der Waals surface area contributed by atoms with Crippen LogP contribution in [-0.2, 0) is 23.5 Å². The zero-order valence-corrected chi connectivity index (χ0v) is 17.9. The molecule has 0 fully saturated rings. The van der Waals surface area contributed by atoms with E-state index in [1.165, 1.54) is 11.8 Å². The first-order valence-corrected chi connectivity index (χ1v) is 11.1. The molecule has 0 unspecified atom stereocenters. The Balaban J connectivity index is 1.59. The van der Waals surface area contributed by atoms with Crippen LogP contribution in [0, 0.1) is 13.8 Å². The molecule has 3 aromatic rings. The van der Waals surface area contributed by atoms with Gasteiger partial charge in [-0.1, -0.05) is 53.9 Å². The Morgan fingerprint density at radius 3 is 2.43 bits per heavy atom. The molecule has 0 saturated carbocycles. The zero-order chi connectivity index (χ0) is 19.9. The van der Waals surface area contributed by atoms with Crippen LogP contribution in [0.3, 0.4) is 0 Å². The van der Waals surface area contributed by atoms with Gasteiger partial charge in [-0.15, -0.1) is 10.2 Å². The van der Waals surface area contributed by atoms with Gasteiger partial charge in [-0.3, -0.25) is 4.79 Å². The smallest absolute Gasteiger partial charge is 0.191 e. The zero-order valence-electron chi connectivity index (χ0n) is 16.3. The second kappa shape index (κ2) is 9.84. The van der Waals surface area contributed by atoms with Crippen molar-refractivity contribution in [2.75, 3.05) is 5.75 Å². The SMILES string of the molecule is CCn1c(CSc2nc(C)cc(C)n2)nnc1SCC(=O)Cc1ccccc1. The van der Waals surface area contributed by atoms with Gasteiger partial charge in [0.25, 0.3) is 0 Å². The van der Waals surface area contributed by atoms with Crippen LogP contribution < -0.4 is 0 Å². The normalized spacial score (nSPS) is 11.0. The van der Waals surface area contributed by atoms with Crippen LogP contribution in [-0.4, -0.2) is 36.3 Å². The predicted molar refractivity (Wildman–Crippen MR) is 113 cm³/mol. The molecule has 0 aliphatic carbocycles. The Morgan fingerprint density at radius 2 is 1.75 bits per heavy atom. The van der Waals surface area contributed by atoms with E-state index in [1.807, 2.05) is 50.2 Å². The lowest BCUT2D eigenvalue weighted by Crippen LogP contribution is -2.08. The third kappa shape index (κ3) is 5.65. The van der Waals surface area contributed by atoms with E-state index in [-0.39, 0.29) is 5.78 Å². The highest BCUT2D eigenvalue weighted by atomic mass is 32.2. The summed E-state index contributed by atoms with van der Waals surface area (Å²) < 4.78 is 2.05. The molecule has 28 heavy (non-hydrogen) atoms. The molecular weight excluding hydrogens is 390 g/mol. The van der Waals surface area contributed by atoms with Crippen molar-refractivity contribution in [2.45, 2.75) is 49.8 Å². The van der Waals surface area contributed by atoms with Gasteiger partial charge < -0.3 is 4.57 Å². The number of Topliss-reactive ketones (excluding diaryl/α,β-unsaturated/α-hetero) is 1. The molecule has 3 rings (SSSR count). The molecule has 2 heterocycles. The number of carbonyl (C=O) groups is 1. The summed E-state index contributed by atoms with van der Waals surface area (Å²) in [5.41, 5.74) is 2.95. The number of aryl methyl sites for hydroxylation is 2. The quantitative estimate of drug-likeness (QED) is 0.389. The Hall–Kier alpha value is -2.19. The summed E-state index contributed by atoms with van der Waals surface area (Å²) in [5, 5.41) is 10.1. The average molecular weight is 414 g/mol. The van der Waals surface area contributed by atoms with Gasteiger partial charge in [-0.25, -0.2) is 9.97 Å². The summed E-state index contributed by atoms with van der Waals surface area (Å²) in [4.78, 5) is 21.2. The topological polar surface area (TPSA) is 73.6 Å². The van der Waals surface area contributed by atoms with Crippen molar-refractivity contribution in [3.63, 3.8) is 0 Å². The van der Waals surface area contributed by atoms with E-state index < -0.39 is 0 Å². The number of carbonyl (C=O) groups excluding carboxylic acids is 1. The molecular formula is C20H23N5OS2. The standard InChI is InChI=1S/C20H23N5OS2/c1-4-25-18(13-27-19-21-14(2)10-15(3)22-19)23-24-20(25)28-12-17(26)11-16-8-6-5-7-9-16/h5-10H,4,11-13H2,1-3H3. The van der Waals surface area contributed by atoms with Gasteiger partial charge in [0.1, 0.15) is 11.6 Å². The third-order valence-corrected chi connectivity index (χ3v) is 5.88. The van der Waals surface area contributed by atoms with Crippen LogP contribution in [0.5, 0.6) is 0 Å². The predicted octanol–water partition coefficient (Wildman–Crippen LogP) is 3.90. The Bertz CT molecular complexity index is 923. The Labute approximate surface area is 173 Å². The van der Waals surface area contributed by atoms with Crippen LogP contribution in [0.15, 0.2) is 46.7 Å². The number of nitrogens with zero attached hydrogens (tertiary/aromatic N) is 5. The van der Waals surface area contributed by atoms with Crippen molar-refractivity contribution < 1.29 is 4.79 Å². The van der Waals surface area contributed by atoms with E-state index in [9.17, 15) is 4.79 Å². The van der Waals surface area contributed by atoms with Crippen molar-refractivity contribution in [2.24, 2.45) is 0 Å². The third-order valence-electron chi connectivity index (χ3n) is 4.01. The highest BCUT2D eigenvalue weighted by Crippen LogP contribution is 2.23. The molecule has 0 aliphatic rings. The molecule has 0 amide bonds. The molecule has 0 spiro atoms. The van der Waals surface area contributed by atoms with E-state index in [4.69, 9.17) is 0 Å². The maximum absolute atomic E-state index is 12.3. The van der Waals surface area contributed by atoms with Gasteiger partial charge in [0.2, 0.25) is 0 Å². The van der Waals surface area contributed by atoms with Crippen LogP contribution in [0.2, 0.25) is 0 Å². The number of hydrogen-bond donors (Lipinski definition) is 0. The molecule has 0 N–H and O–H groups in total. The first kappa shape index (κ1) is 20.5. The lowest BCUT2D eigenvalue weighted by molar-refractivity contribution is -0.116. The summed E-state index contributed by atoms with van der Waals surface area (Å²) in [7, 11) is 0. The number of rotatable bonds is 9. The number of benzene rings is 1. The molecule has 0 atom stereocenters. The number of aromatic nitrogens is 5. The Morgan fingerprint density at radius 1 is 1.04 bits per heavy atom. The van der Waals surface area contributed by atoms with Gasteiger partial charge in [0.05, 0.1) is 11.5 Å². The fourth-order valence-electron chi connectivity index (χ4n) is 2.76. The van der Waals surface area contributed by atoms with Crippen molar-refractivity contribution in [1.82, 2.24) is 24.7 Å². The molecule has 0 saturated heterocycles. The second-order valence-electron chi connectivity index (χ2n) is 6.35. The van der Waals surface area contributed by atoms with Gasteiger partial charge >= 0.3 is 0 Å².